The summed E-state index contributed by atoms with van der Waals surface area (Å²) in [7, 11) is 0. The lowest BCUT2D eigenvalue weighted by molar-refractivity contribution is 1.53. The maximum absolute atomic E-state index is 7.21. The van der Waals surface area contributed by atoms with E-state index >= 15 is 0 Å². The number of allylic oxidation sites excluding steroid dienone is 1. The molecular formula is C16H13N. The molecule has 0 aromatic heterocycles. The summed E-state index contributed by atoms with van der Waals surface area (Å²) in [6.45, 7) is 9.22. The second kappa shape index (κ2) is 5.14. The van der Waals surface area contributed by atoms with E-state index in [0.717, 1.165) is 16.7 Å². The number of benzene rings is 2. The zero-order valence-electron chi connectivity index (χ0n) is 9.72. The van der Waals surface area contributed by atoms with Crippen LogP contribution in [0.4, 0.5) is 5.69 Å². The quantitative estimate of drug-likeness (QED) is 0.645. The molecule has 82 valence electrons. The first-order chi connectivity index (χ1) is 8.36. The molecule has 0 heterocycles. The van der Waals surface area contributed by atoms with Gasteiger partial charge in [-0.1, -0.05) is 60.7 Å². The van der Waals surface area contributed by atoms with Crippen molar-refractivity contribution in [2.24, 2.45) is 0 Å². The van der Waals surface area contributed by atoms with Crippen LogP contribution in [0.5, 0.6) is 0 Å². The van der Waals surface area contributed by atoms with Gasteiger partial charge in [0.25, 0.3) is 0 Å². The topological polar surface area (TPSA) is 4.36 Å². The molecule has 0 aliphatic heterocycles. The Hall–Kier alpha value is -2.33. The Balaban J connectivity index is 2.56. The molecule has 0 amide bonds. The van der Waals surface area contributed by atoms with Crippen molar-refractivity contribution in [1.82, 2.24) is 0 Å². The standard InChI is InChI=1S/C16H13N/c1-3-14(13-9-5-4-6-10-13)15-11-7-8-12-16(15)17-2/h3-12H,1H3/b14-3-. The fraction of sp³-hybridized carbons (Fsp3) is 0.0625. The van der Waals surface area contributed by atoms with E-state index in [2.05, 4.69) is 23.1 Å². The first-order valence-electron chi connectivity index (χ1n) is 5.55. The molecule has 2 aromatic rings. The Bertz CT molecular complexity index is 574. The average molecular weight is 219 g/mol. The van der Waals surface area contributed by atoms with Gasteiger partial charge in [-0.3, -0.25) is 0 Å². The summed E-state index contributed by atoms with van der Waals surface area (Å²) >= 11 is 0. The van der Waals surface area contributed by atoms with E-state index in [4.69, 9.17) is 6.57 Å². The monoisotopic (exact) mass is 219 g/mol. The normalized spacial score (nSPS) is 10.9. The molecule has 0 unspecified atom stereocenters. The van der Waals surface area contributed by atoms with Crippen molar-refractivity contribution in [3.63, 3.8) is 0 Å². The third kappa shape index (κ3) is 2.26. The molecule has 0 spiro atoms. The molecule has 0 radical (unpaired) electrons. The summed E-state index contributed by atoms with van der Waals surface area (Å²) in [5.41, 5.74) is 3.95. The molecular weight excluding hydrogens is 206 g/mol. The maximum atomic E-state index is 7.21. The van der Waals surface area contributed by atoms with Crippen molar-refractivity contribution in [2.45, 2.75) is 6.92 Å². The molecule has 0 fully saturated rings. The van der Waals surface area contributed by atoms with Crippen molar-refractivity contribution in [1.29, 1.82) is 0 Å². The highest BCUT2D eigenvalue weighted by atomic mass is 14.6. The first-order valence-corrected chi connectivity index (χ1v) is 5.55. The molecule has 0 saturated carbocycles. The van der Waals surface area contributed by atoms with Gasteiger partial charge in [0, 0.05) is 0 Å². The fourth-order valence-corrected chi connectivity index (χ4v) is 1.89. The van der Waals surface area contributed by atoms with Crippen LogP contribution in [0.2, 0.25) is 0 Å². The van der Waals surface area contributed by atoms with Crippen LogP contribution >= 0.6 is 0 Å². The minimum absolute atomic E-state index is 0.699. The van der Waals surface area contributed by atoms with E-state index in [1.807, 2.05) is 49.4 Å². The van der Waals surface area contributed by atoms with E-state index in [-0.39, 0.29) is 0 Å². The molecule has 1 heteroatoms. The third-order valence-electron chi connectivity index (χ3n) is 2.69. The summed E-state index contributed by atoms with van der Waals surface area (Å²) < 4.78 is 0. The van der Waals surface area contributed by atoms with Gasteiger partial charge in [-0.2, -0.15) is 0 Å². The first kappa shape index (κ1) is 11.2. The van der Waals surface area contributed by atoms with Crippen LogP contribution < -0.4 is 0 Å². The lowest BCUT2D eigenvalue weighted by Gasteiger charge is -2.09. The molecule has 0 aliphatic carbocycles. The highest BCUT2D eigenvalue weighted by molar-refractivity contribution is 5.86. The van der Waals surface area contributed by atoms with E-state index in [1.54, 1.807) is 0 Å². The van der Waals surface area contributed by atoms with Crippen molar-refractivity contribution in [2.75, 3.05) is 0 Å². The number of nitrogens with zero attached hydrogens (tertiary/aromatic N) is 1. The van der Waals surface area contributed by atoms with Crippen LogP contribution in [-0.2, 0) is 0 Å². The molecule has 0 bridgehead atoms. The van der Waals surface area contributed by atoms with Crippen molar-refractivity contribution >= 4 is 11.3 Å². The second-order valence-corrected chi connectivity index (χ2v) is 3.70. The van der Waals surface area contributed by atoms with Crippen molar-refractivity contribution < 1.29 is 0 Å². The highest BCUT2D eigenvalue weighted by Crippen LogP contribution is 2.30. The lowest BCUT2D eigenvalue weighted by atomic mass is 9.96. The molecule has 0 atom stereocenters. The Kier molecular flexibility index (Phi) is 3.37. The summed E-state index contributed by atoms with van der Waals surface area (Å²) in [6.07, 6.45) is 2.05. The molecule has 0 aliphatic rings. The summed E-state index contributed by atoms with van der Waals surface area (Å²) in [5.74, 6) is 0. The van der Waals surface area contributed by atoms with E-state index in [1.165, 1.54) is 0 Å². The zero-order valence-corrected chi connectivity index (χ0v) is 9.72. The third-order valence-corrected chi connectivity index (χ3v) is 2.69. The average Bonchev–Trinajstić information content (AvgIpc) is 2.41. The summed E-state index contributed by atoms with van der Waals surface area (Å²) in [5, 5.41) is 0. The second-order valence-electron chi connectivity index (χ2n) is 3.70. The van der Waals surface area contributed by atoms with Crippen LogP contribution in [0.25, 0.3) is 10.4 Å². The Morgan fingerprint density at radius 2 is 1.65 bits per heavy atom. The van der Waals surface area contributed by atoms with Crippen LogP contribution in [0, 0.1) is 6.57 Å². The number of para-hydroxylation sites is 1. The van der Waals surface area contributed by atoms with E-state index in [0.29, 0.717) is 5.69 Å². The number of rotatable bonds is 2. The van der Waals surface area contributed by atoms with Crippen molar-refractivity contribution in [3.8, 4) is 0 Å². The largest absolute Gasteiger partial charge is 0.238 e. The Labute approximate surface area is 102 Å². The molecule has 2 aromatic carbocycles. The zero-order chi connectivity index (χ0) is 12.1. The molecule has 1 nitrogen and oxygen atoms in total. The van der Waals surface area contributed by atoms with Gasteiger partial charge in [0.2, 0.25) is 0 Å². The molecule has 17 heavy (non-hydrogen) atoms. The molecule has 0 saturated heterocycles. The van der Waals surface area contributed by atoms with Gasteiger partial charge >= 0.3 is 0 Å². The van der Waals surface area contributed by atoms with E-state index < -0.39 is 0 Å². The SMILES string of the molecule is [C-]#[N+]c1ccccc1/C(=C\C)c1ccccc1. The van der Waals surface area contributed by atoms with Crippen LogP contribution in [0.1, 0.15) is 18.1 Å². The predicted molar refractivity (Wildman–Crippen MR) is 71.9 cm³/mol. The minimum Gasteiger partial charge on any atom is -0.238 e. The molecule has 2 rings (SSSR count). The smallest absolute Gasteiger partial charge is 0.194 e. The van der Waals surface area contributed by atoms with Crippen LogP contribution in [0.3, 0.4) is 0 Å². The fourth-order valence-electron chi connectivity index (χ4n) is 1.89. The molecule has 0 N–H and O–H groups in total. The number of hydrogen-bond acceptors (Lipinski definition) is 0. The summed E-state index contributed by atoms with van der Waals surface area (Å²) in [6, 6.07) is 17.9. The van der Waals surface area contributed by atoms with Gasteiger partial charge in [-0.25, -0.2) is 4.85 Å². The predicted octanol–water partition coefficient (Wildman–Crippen LogP) is 4.69. The van der Waals surface area contributed by atoms with Gasteiger partial charge in [-0.15, -0.1) is 0 Å². The van der Waals surface area contributed by atoms with Crippen molar-refractivity contribution in [3.05, 3.63) is 83.2 Å². The van der Waals surface area contributed by atoms with Crippen LogP contribution in [0.15, 0.2) is 60.7 Å². The maximum Gasteiger partial charge on any atom is 0.194 e. The van der Waals surface area contributed by atoms with Gasteiger partial charge in [0.1, 0.15) is 0 Å². The Morgan fingerprint density at radius 3 is 2.29 bits per heavy atom. The number of hydrogen-bond donors (Lipinski definition) is 0. The van der Waals surface area contributed by atoms with Gasteiger partial charge in [0.05, 0.1) is 6.57 Å². The van der Waals surface area contributed by atoms with Crippen LogP contribution in [-0.4, -0.2) is 0 Å². The van der Waals surface area contributed by atoms with Gasteiger partial charge in [-0.05, 0) is 23.6 Å². The Morgan fingerprint density at radius 1 is 1.00 bits per heavy atom. The van der Waals surface area contributed by atoms with Gasteiger partial charge < -0.3 is 0 Å². The lowest BCUT2D eigenvalue weighted by Crippen LogP contribution is -1.87. The minimum atomic E-state index is 0.699. The summed E-state index contributed by atoms with van der Waals surface area (Å²) in [4.78, 5) is 3.57. The van der Waals surface area contributed by atoms with Gasteiger partial charge in [0.15, 0.2) is 5.69 Å². The van der Waals surface area contributed by atoms with E-state index in [9.17, 15) is 0 Å². The highest BCUT2D eigenvalue weighted by Gasteiger charge is 2.07.